The lowest BCUT2D eigenvalue weighted by molar-refractivity contribution is 0.169. The van der Waals surface area contributed by atoms with Crippen LogP contribution in [0.4, 0.5) is 0 Å². The van der Waals surface area contributed by atoms with Crippen molar-refractivity contribution >= 4 is 0 Å². The van der Waals surface area contributed by atoms with Gasteiger partial charge < -0.3 is 14.8 Å². The molecule has 0 saturated carbocycles. The van der Waals surface area contributed by atoms with Crippen LogP contribution in [0.25, 0.3) is 0 Å². The molecule has 0 bridgehead atoms. The maximum atomic E-state index is 11.9. The molecule has 2 heterocycles. The fourth-order valence-corrected chi connectivity index (χ4v) is 3.03. The van der Waals surface area contributed by atoms with E-state index in [0.29, 0.717) is 30.4 Å². The molecule has 1 aromatic heterocycles. The van der Waals surface area contributed by atoms with Crippen LogP contribution in [0.1, 0.15) is 31.2 Å². The molecule has 21 heavy (non-hydrogen) atoms. The first-order valence-electron chi connectivity index (χ1n) is 7.45. The van der Waals surface area contributed by atoms with Gasteiger partial charge in [0.1, 0.15) is 0 Å². The van der Waals surface area contributed by atoms with Crippen molar-refractivity contribution in [1.82, 2.24) is 9.47 Å². The minimum Gasteiger partial charge on any atom is -0.503 e. The van der Waals surface area contributed by atoms with E-state index in [2.05, 4.69) is 18.4 Å². The van der Waals surface area contributed by atoms with E-state index in [0.717, 1.165) is 19.5 Å². The van der Waals surface area contributed by atoms with Crippen molar-refractivity contribution in [3.63, 3.8) is 0 Å². The van der Waals surface area contributed by atoms with Gasteiger partial charge >= 0.3 is 0 Å². The second-order valence-electron chi connectivity index (χ2n) is 5.84. The number of hydrogen-bond acceptors (Lipinski definition) is 4. The van der Waals surface area contributed by atoms with Gasteiger partial charge in [-0.15, -0.1) is 6.58 Å². The molecule has 0 spiro atoms. The summed E-state index contributed by atoms with van der Waals surface area (Å²) in [5.74, 6) is 0.411. The molecule has 116 valence electrons. The molecule has 1 atom stereocenters. The number of likely N-dealkylation sites (tertiary alicyclic amines) is 1. The highest BCUT2D eigenvalue weighted by atomic mass is 16.3. The summed E-state index contributed by atoms with van der Waals surface area (Å²) >= 11 is 0. The Morgan fingerprint density at radius 2 is 2.29 bits per heavy atom. The molecule has 1 unspecified atom stereocenters. The van der Waals surface area contributed by atoms with Gasteiger partial charge in [-0.1, -0.05) is 13.0 Å². The molecule has 1 aromatic rings. The number of hydrogen-bond donors (Lipinski definition) is 2. The van der Waals surface area contributed by atoms with Crippen molar-refractivity contribution < 1.29 is 10.2 Å². The van der Waals surface area contributed by atoms with Crippen molar-refractivity contribution in [2.24, 2.45) is 5.92 Å². The third-order valence-electron chi connectivity index (χ3n) is 4.07. The second kappa shape index (κ2) is 6.91. The molecule has 1 saturated heterocycles. The monoisotopic (exact) mass is 292 g/mol. The normalized spacial score (nSPS) is 19.6. The van der Waals surface area contributed by atoms with Gasteiger partial charge in [-0.3, -0.25) is 9.69 Å². The maximum Gasteiger partial charge on any atom is 0.223 e. The Hall–Kier alpha value is -1.59. The Balaban J connectivity index is 2.37. The number of allylic oxidation sites excluding steroid dienone is 1. The number of nitrogens with zero attached hydrogens (tertiary/aromatic N) is 2. The van der Waals surface area contributed by atoms with Gasteiger partial charge in [-0.2, -0.15) is 0 Å². The zero-order chi connectivity index (χ0) is 15.4. The molecule has 0 aromatic carbocycles. The number of pyridine rings is 1. The summed E-state index contributed by atoms with van der Waals surface area (Å²) in [4.78, 5) is 14.1. The standard InChI is InChI=1S/C16H24N2O3/c1-3-6-18-13(11-19)8-15(20)16(21)14(18)10-17-7-4-5-12(2)9-17/h3,8,12,19,21H,1,4-7,9-11H2,2H3. The molecular formula is C16H24N2O3. The number of aliphatic hydroxyl groups excluding tert-OH is 1. The van der Waals surface area contributed by atoms with E-state index in [1.165, 1.54) is 12.5 Å². The molecule has 0 aliphatic carbocycles. The van der Waals surface area contributed by atoms with Crippen molar-refractivity contribution in [2.45, 2.75) is 39.5 Å². The molecule has 1 aliphatic heterocycles. The average molecular weight is 292 g/mol. The van der Waals surface area contributed by atoms with Crippen LogP contribution >= 0.6 is 0 Å². The summed E-state index contributed by atoms with van der Waals surface area (Å²) in [7, 11) is 0. The number of rotatable bonds is 5. The quantitative estimate of drug-likeness (QED) is 0.807. The first-order valence-corrected chi connectivity index (χ1v) is 7.45. The Labute approximate surface area is 125 Å². The van der Waals surface area contributed by atoms with Gasteiger partial charge in [-0.25, -0.2) is 0 Å². The molecule has 0 amide bonds. The highest BCUT2D eigenvalue weighted by Crippen LogP contribution is 2.22. The van der Waals surface area contributed by atoms with Crippen LogP contribution in [0.3, 0.4) is 0 Å². The van der Waals surface area contributed by atoms with Gasteiger partial charge in [0.25, 0.3) is 0 Å². The van der Waals surface area contributed by atoms with Gasteiger partial charge in [0, 0.05) is 31.4 Å². The van der Waals surface area contributed by atoms with E-state index in [1.807, 2.05) is 0 Å². The van der Waals surface area contributed by atoms with Crippen LogP contribution in [-0.2, 0) is 19.7 Å². The van der Waals surface area contributed by atoms with E-state index >= 15 is 0 Å². The number of aliphatic hydroxyl groups is 1. The Bertz CT molecular complexity index is 565. The third kappa shape index (κ3) is 3.54. The lowest BCUT2D eigenvalue weighted by Gasteiger charge is -2.32. The SMILES string of the molecule is C=CCn1c(CO)cc(=O)c(O)c1CN1CCCC(C)C1. The topological polar surface area (TPSA) is 65.7 Å². The van der Waals surface area contributed by atoms with Crippen LogP contribution in [0.2, 0.25) is 0 Å². The van der Waals surface area contributed by atoms with Crippen molar-refractivity contribution in [1.29, 1.82) is 0 Å². The maximum absolute atomic E-state index is 11.9. The molecular weight excluding hydrogens is 268 g/mol. The predicted molar refractivity (Wildman–Crippen MR) is 82.2 cm³/mol. The zero-order valence-electron chi connectivity index (χ0n) is 12.6. The molecule has 5 heteroatoms. The smallest absolute Gasteiger partial charge is 0.223 e. The molecule has 5 nitrogen and oxygen atoms in total. The Kier molecular flexibility index (Phi) is 5.20. The molecule has 2 N–H and O–H groups in total. The van der Waals surface area contributed by atoms with Crippen LogP contribution in [0.5, 0.6) is 5.75 Å². The average Bonchev–Trinajstić information content (AvgIpc) is 2.46. The van der Waals surface area contributed by atoms with E-state index in [-0.39, 0.29) is 12.4 Å². The predicted octanol–water partition coefficient (Wildman–Crippen LogP) is 1.46. The first kappa shape index (κ1) is 15.8. The summed E-state index contributed by atoms with van der Waals surface area (Å²) < 4.78 is 1.78. The number of piperidine rings is 1. The van der Waals surface area contributed by atoms with Crippen molar-refractivity contribution in [3.05, 3.63) is 40.3 Å². The van der Waals surface area contributed by atoms with Gasteiger partial charge in [-0.05, 0) is 25.3 Å². The minimum atomic E-state index is -0.431. The summed E-state index contributed by atoms with van der Waals surface area (Å²) in [6.07, 6.45) is 4.05. The largest absolute Gasteiger partial charge is 0.503 e. The van der Waals surface area contributed by atoms with Crippen LogP contribution in [0, 0.1) is 5.92 Å². The first-order chi connectivity index (χ1) is 10.1. The lowest BCUT2D eigenvalue weighted by Crippen LogP contribution is -2.35. The van der Waals surface area contributed by atoms with E-state index in [1.54, 1.807) is 10.6 Å². The number of aromatic hydroxyl groups is 1. The van der Waals surface area contributed by atoms with Gasteiger partial charge in [0.15, 0.2) is 5.75 Å². The van der Waals surface area contributed by atoms with E-state index < -0.39 is 5.43 Å². The third-order valence-corrected chi connectivity index (χ3v) is 4.07. The summed E-state index contributed by atoms with van der Waals surface area (Å²) in [6.45, 7) is 8.61. The van der Waals surface area contributed by atoms with E-state index in [9.17, 15) is 15.0 Å². The van der Waals surface area contributed by atoms with Gasteiger partial charge in [0.05, 0.1) is 12.3 Å². The van der Waals surface area contributed by atoms with Crippen molar-refractivity contribution in [2.75, 3.05) is 13.1 Å². The Morgan fingerprint density at radius 3 is 2.90 bits per heavy atom. The van der Waals surface area contributed by atoms with Crippen LogP contribution in [0.15, 0.2) is 23.5 Å². The van der Waals surface area contributed by atoms with E-state index in [4.69, 9.17) is 0 Å². The summed E-state index contributed by atoms with van der Waals surface area (Å²) in [5.41, 5.74) is 0.651. The molecule has 1 fully saturated rings. The van der Waals surface area contributed by atoms with Gasteiger partial charge in [0.2, 0.25) is 5.43 Å². The molecule has 0 radical (unpaired) electrons. The minimum absolute atomic E-state index is 0.215. The summed E-state index contributed by atoms with van der Waals surface area (Å²) in [6, 6.07) is 1.29. The fraction of sp³-hybridized carbons (Fsp3) is 0.562. The second-order valence-corrected chi connectivity index (χ2v) is 5.84. The lowest BCUT2D eigenvalue weighted by atomic mass is 10.00. The fourth-order valence-electron chi connectivity index (χ4n) is 3.03. The summed E-state index contributed by atoms with van der Waals surface area (Å²) in [5, 5.41) is 19.6. The van der Waals surface area contributed by atoms with Crippen molar-refractivity contribution in [3.8, 4) is 5.75 Å². The van der Waals surface area contributed by atoms with Crippen LogP contribution in [-0.4, -0.2) is 32.8 Å². The Morgan fingerprint density at radius 1 is 1.52 bits per heavy atom. The zero-order valence-corrected chi connectivity index (χ0v) is 12.6. The van der Waals surface area contributed by atoms with Crippen LogP contribution < -0.4 is 5.43 Å². The number of aromatic nitrogens is 1. The highest BCUT2D eigenvalue weighted by molar-refractivity contribution is 5.30. The molecule has 2 rings (SSSR count). The molecule has 1 aliphatic rings. The highest BCUT2D eigenvalue weighted by Gasteiger charge is 2.21.